The summed E-state index contributed by atoms with van der Waals surface area (Å²) in [5, 5.41) is 3.24. The molecule has 1 aliphatic rings. The number of methoxy groups -OCH3 is 1. The van der Waals surface area contributed by atoms with Gasteiger partial charge in [0.1, 0.15) is 11.6 Å². The summed E-state index contributed by atoms with van der Waals surface area (Å²) >= 11 is 0. The summed E-state index contributed by atoms with van der Waals surface area (Å²) in [5.41, 5.74) is 2.84. The average molecular weight is 476 g/mol. The second kappa shape index (κ2) is 11.7. The summed E-state index contributed by atoms with van der Waals surface area (Å²) in [7, 11) is 3.72. The fourth-order valence-electron chi connectivity index (χ4n) is 4.15. The fraction of sp³-hybridized carbons (Fsp3) is 0.370. The number of hydrogen-bond acceptors (Lipinski definition) is 7. The van der Waals surface area contributed by atoms with Crippen LogP contribution in [-0.2, 0) is 11.2 Å². The van der Waals surface area contributed by atoms with Gasteiger partial charge in [-0.15, -0.1) is 0 Å². The van der Waals surface area contributed by atoms with Crippen molar-refractivity contribution < 1.29 is 14.3 Å². The normalized spacial score (nSPS) is 13.0. The van der Waals surface area contributed by atoms with Gasteiger partial charge in [0.05, 0.1) is 13.2 Å². The first-order valence-electron chi connectivity index (χ1n) is 12.0. The molecule has 0 radical (unpaired) electrons. The van der Waals surface area contributed by atoms with Crippen LogP contribution in [0.1, 0.15) is 29.3 Å². The zero-order chi connectivity index (χ0) is 24.6. The summed E-state index contributed by atoms with van der Waals surface area (Å²) in [5.74, 6) is 1.81. The summed E-state index contributed by atoms with van der Waals surface area (Å²) < 4.78 is 10.8. The Morgan fingerprint density at radius 3 is 2.80 bits per heavy atom. The zero-order valence-corrected chi connectivity index (χ0v) is 20.6. The number of nitrogens with one attached hydrogen (secondary N) is 1. The number of para-hydroxylation sites is 1. The highest BCUT2D eigenvalue weighted by Gasteiger charge is 2.22. The minimum atomic E-state index is -0.0864. The SMILES string of the molecule is COC[C@H](C)Nc1nccc(N(CCCN(C)c2ccccc2)C(=O)c2ccc3c(c2)CCO3)n1. The minimum absolute atomic E-state index is 0.0376. The number of hydrogen-bond donors (Lipinski definition) is 1. The number of ether oxygens (including phenoxy) is 2. The van der Waals surface area contributed by atoms with Crippen molar-refractivity contribution >= 4 is 23.4 Å². The number of benzene rings is 2. The van der Waals surface area contributed by atoms with Gasteiger partial charge in [0.25, 0.3) is 5.91 Å². The first-order chi connectivity index (χ1) is 17.0. The number of carbonyl (C=O) groups is 1. The molecule has 3 aromatic rings. The molecule has 2 aromatic carbocycles. The molecule has 0 aliphatic carbocycles. The standard InChI is InChI=1S/C27H33N5O3/c1-20(19-34-3)29-27-28-14-12-25(30-27)32(16-7-15-31(2)23-8-5-4-6-9-23)26(33)22-10-11-24-21(18-22)13-17-35-24/h4-6,8-12,14,18,20H,7,13,15-17,19H2,1-3H3,(H,28,29,30)/t20-/m0/s1. The molecule has 1 N–H and O–H groups in total. The molecule has 0 unspecified atom stereocenters. The topological polar surface area (TPSA) is 79.8 Å². The molecule has 0 spiro atoms. The fourth-order valence-corrected chi connectivity index (χ4v) is 4.15. The summed E-state index contributed by atoms with van der Waals surface area (Å²) in [6.07, 6.45) is 3.27. The summed E-state index contributed by atoms with van der Waals surface area (Å²) in [6.45, 7) is 4.50. The van der Waals surface area contributed by atoms with Crippen molar-refractivity contribution in [2.24, 2.45) is 0 Å². The quantitative estimate of drug-likeness (QED) is 0.448. The predicted octanol–water partition coefficient (Wildman–Crippen LogP) is 4.03. The Kier molecular flexibility index (Phi) is 8.15. The third-order valence-electron chi connectivity index (χ3n) is 5.96. The molecule has 0 fully saturated rings. The van der Waals surface area contributed by atoms with E-state index in [9.17, 15) is 4.79 Å². The predicted molar refractivity (Wildman–Crippen MR) is 139 cm³/mol. The van der Waals surface area contributed by atoms with Gasteiger partial charge < -0.3 is 19.7 Å². The molecule has 0 saturated heterocycles. The Bertz CT molecular complexity index is 1120. The molecule has 4 rings (SSSR count). The number of fused-ring (bicyclic) bond motifs is 1. The highest BCUT2D eigenvalue weighted by Crippen LogP contribution is 2.27. The van der Waals surface area contributed by atoms with Crippen molar-refractivity contribution in [3.8, 4) is 5.75 Å². The molecule has 8 heteroatoms. The van der Waals surface area contributed by atoms with Crippen molar-refractivity contribution in [2.75, 3.05) is 55.6 Å². The Labute approximate surface area is 206 Å². The molecule has 1 atom stereocenters. The first kappa shape index (κ1) is 24.5. The van der Waals surface area contributed by atoms with Crippen LogP contribution in [0.2, 0.25) is 0 Å². The average Bonchev–Trinajstić information content (AvgIpc) is 3.35. The lowest BCUT2D eigenvalue weighted by Gasteiger charge is -2.25. The van der Waals surface area contributed by atoms with Crippen LogP contribution < -0.4 is 19.9 Å². The van der Waals surface area contributed by atoms with Crippen LogP contribution in [0.3, 0.4) is 0 Å². The van der Waals surface area contributed by atoms with Crippen molar-refractivity contribution in [1.82, 2.24) is 9.97 Å². The van der Waals surface area contributed by atoms with Crippen LogP contribution in [0.25, 0.3) is 0 Å². The molecule has 1 aromatic heterocycles. The van der Waals surface area contributed by atoms with Crippen molar-refractivity contribution in [3.63, 3.8) is 0 Å². The van der Waals surface area contributed by atoms with Gasteiger partial charge in [0.15, 0.2) is 0 Å². The third kappa shape index (κ3) is 6.27. The van der Waals surface area contributed by atoms with E-state index in [0.29, 0.717) is 37.1 Å². The second-order valence-electron chi connectivity index (χ2n) is 8.73. The van der Waals surface area contributed by atoms with Crippen LogP contribution in [-0.4, -0.2) is 62.4 Å². The minimum Gasteiger partial charge on any atom is -0.493 e. The van der Waals surface area contributed by atoms with Crippen LogP contribution in [0.4, 0.5) is 17.5 Å². The van der Waals surface area contributed by atoms with Crippen LogP contribution in [0.5, 0.6) is 5.75 Å². The van der Waals surface area contributed by atoms with Crippen molar-refractivity contribution in [1.29, 1.82) is 0 Å². The molecule has 1 aliphatic heterocycles. The molecular weight excluding hydrogens is 442 g/mol. The van der Waals surface area contributed by atoms with E-state index in [1.54, 1.807) is 24.3 Å². The van der Waals surface area contributed by atoms with Crippen molar-refractivity contribution in [3.05, 3.63) is 71.9 Å². The smallest absolute Gasteiger partial charge is 0.259 e. The lowest BCUT2D eigenvalue weighted by atomic mass is 10.1. The largest absolute Gasteiger partial charge is 0.493 e. The first-order valence-corrected chi connectivity index (χ1v) is 12.0. The Morgan fingerprint density at radius 2 is 2.00 bits per heavy atom. The maximum atomic E-state index is 13.7. The van der Waals surface area contributed by atoms with Gasteiger partial charge in [-0.3, -0.25) is 9.69 Å². The molecular formula is C27H33N5O3. The third-order valence-corrected chi connectivity index (χ3v) is 5.96. The summed E-state index contributed by atoms with van der Waals surface area (Å²) in [4.78, 5) is 26.6. The van der Waals surface area contributed by atoms with E-state index in [1.807, 2.05) is 43.3 Å². The monoisotopic (exact) mass is 475 g/mol. The lowest BCUT2D eigenvalue weighted by Crippen LogP contribution is -2.35. The van der Waals surface area contributed by atoms with E-state index in [0.717, 1.165) is 36.4 Å². The molecule has 0 saturated carbocycles. The maximum absolute atomic E-state index is 13.7. The molecule has 184 valence electrons. The molecule has 1 amide bonds. The van der Waals surface area contributed by atoms with Crippen LogP contribution >= 0.6 is 0 Å². The Balaban J connectivity index is 1.54. The number of aromatic nitrogens is 2. The highest BCUT2D eigenvalue weighted by molar-refractivity contribution is 6.05. The van der Waals surface area contributed by atoms with E-state index < -0.39 is 0 Å². The number of rotatable bonds is 11. The van der Waals surface area contributed by atoms with E-state index in [4.69, 9.17) is 9.47 Å². The molecule has 0 bridgehead atoms. The molecule has 8 nitrogen and oxygen atoms in total. The van der Waals surface area contributed by atoms with Gasteiger partial charge in [-0.1, -0.05) is 18.2 Å². The van der Waals surface area contributed by atoms with Gasteiger partial charge in [0.2, 0.25) is 5.95 Å². The van der Waals surface area contributed by atoms with Gasteiger partial charge in [0, 0.05) is 57.2 Å². The van der Waals surface area contributed by atoms with E-state index in [-0.39, 0.29) is 11.9 Å². The zero-order valence-electron chi connectivity index (χ0n) is 20.6. The number of carbonyl (C=O) groups excluding carboxylic acids is 1. The lowest BCUT2D eigenvalue weighted by molar-refractivity contribution is 0.0986. The van der Waals surface area contributed by atoms with Crippen molar-refractivity contribution in [2.45, 2.75) is 25.8 Å². The van der Waals surface area contributed by atoms with E-state index >= 15 is 0 Å². The highest BCUT2D eigenvalue weighted by atomic mass is 16.5. The van der Waals surface area contributed by atoms with Gasteiger partial charge in [-0.05, 0) is 55.3 Å². The molecule has 35 heavy (non-hydrogen) atoms. The van der Waals surface area contributed by atoms with Crippen LogP contribution in [0.15, 0.2) is 60.8 Å². The number of amides is 1. The number of anilines is 3. The van der Waals surface area contributed by atoms with Gasteiger partial charge >= 0.3 is 0 Å². The second-order valence-corrected chi connectivity index (χ2v) is 8.73. The Hall–Kier alpha value is -3.65. The van der Waals surface area contributed by atoms with Gasteiger partial charge in [-0.25, -0.2) is 4.98 Å². The summed E-state index contributed by atoms with van der Waals surface area (Å²) in [6, 6.07) is 17.7. The van der Waals surface area contributed by atoms with E-state index in [2.05, 4.69) is 39.4 Å². The molecule has 2 heterocycles. The maximum Gasteiger partial charge on any atom is 0.259 e. The van der Waals surface area contributed by atoms with E-state index in [1.165, 1.54) is 0 Å². The van der Waals surface area contributed by atoms with Crippen LogP contribution in [0, 0.1) is 0 Å². The van der Waals surface area contributed by atoms with Gasteiger partial charge in [-0.2, -0.15) is 4.98 Å². The Morgan fingerprint density at radius 1 is 1.17 bits per heavy atom. The number of nitrogens with zero attached hydrogens (tertiary/aromatic N) is 4.